The molecule has 11 aromatic carbocycles. The summed E-state index contributed by atoms with van der Waals surface area (Å²) in [6.07, 6.45) is 2.06. The van der Waals surface area contributed by atoms with Gasteiger partial charge in [-0.15, -0.1) is 0 Å². The van der Waals surface area contributed by atoms with Crippen molar-refractivity contribution in [3.63, 3.8) is 0 Å². The molecule has 0 bridgehead atoms. The van der Waals surface area contributed by atoms with Crippen LogP contribution in [0.1, 0.15) is 27.8 Å². The van der Waals surface area contributed by atoms with Crippen LogP contribution >= 0.6 is 0 Å². The van der Waals surface area contributed by atoms with Gasteiger partial charge in [0.05, 0.1) is 0 Å². The third kappa shape index (κ3) is 4.69. The fraction of sp³-hybridized carbons (Fsp3) is 0.0690. The van der Waals surface area contributed by atoms with E-state index >= 15 is 0 Å². The minimum atomic E-state index is 1.05. The fourth-order valence-electron chi connectivity index (χ4n) is 10.6. The predicted octanol–water partition coefficient (Wildman–Crippen LogP) is 15.7. The summed E-state index contributed by atoms with van der Waals surface area (Å²) < 4.78 is 0. The molecular formula is C58H42. The highest BCUT2D eigenvalue weighted by molar-refractivity contribution is 6.41. The fourth-order valence-corrected chi connectivity index (χ4v) is 10.6. The van der Waals surface area contributed by atoms with Gasteiger partial charge in [0.15, 0.2) is 0 Å². The first-order chi connectivity index (χ1) is 28.4. The molecule has 0 amide bonds. The third-order valence-corrected chi connectivity index (χ3v) is 13.0. The van der Waals surface area contributed by atoms with E-state index < -0.39 is 0 Å². The van der Waals surface area contributed by atoms with Crippen LogP contribution in [0.5, 0.6) is 0 Å². The summed E-state index contributed by atoms with van der Waals surface area (Å²) in [5, 5.41) is 16.2. The molecule has 274 valence electrons. The van der Waals surface area contributed by atoms with Crippen molar-refractivity contribution in [2.24, 2.45) is 0 Å². The van der Waals surface area contributed by atoms with E-state index in [0.717, 1.165) is 10.8 Å². The standard InChI is InChI=1S/C58H42/c1-7-41-44(51-35(4)19-15-20-36(51)5)29-30-46-52(41)37(6)53-54(38-21-10-8-11-22-38)49-32-48-42-28-27-40(50-33(2)17-14-18-34(50)3)31-47(42)43-25-16-26-45(56(43)48)57(49)55(58(46)53)39-23-12-9-13-24-39/h7-32H,1,6H2,2-5H3. The van der Waals surface area contributed by atoms with Crippen molar-refractivity contribution >= 4 is 77.3 Å². The number of benzene rings is 9. The first-order valence-corrected chi connectivity index (χ1v) is 20.3. The van der Waals surface area contributed by atoms with Gasteiger partial charge in [0.1, 0.15) is 0 Å². The first-order valence-electron chi connectivity index (χ1n) is 20.3. The molecule has 0 atom stereocenters. The lowest BCUT2D eigenvalue weighted by Gasteiger charge is -2.19. The summed E-state index contributed by atoms with van der Waals surface area (Å²) in [4.78, 5) is 0. The lowest BCUT2D eigenvalue weighted by atomic mass is 9.84. The largest absolute Gasteiger partial charge is 0.0984 e. The summed E-state index contributed by atoms with van der Waals surface area (Å²) in [6, 6.07) is 56.5. The van der Waals surface area contributed by atoms with Crippen LogP contribution in [-0.4, -0.2) is 0 Å². The molecule has 0 fully saturated rings. The Hall–Kier alpha value is -7.02. The summed E-state index contributed by atoms with van der Waals surface area (Å²) in [6.45, 7) is 18.3. The molecule has 58 heavy (non-hydrogen) atoms. The van der Waals surface area contributed by atoms with Crippen LogP contribution in [0.15, 0.2) is 158 Å². The summed E-state index contributed by atoms with van der Waals surface area (Å²) in [7, 11) is 0. The SMILES string of the molecule is C=Cc1c(-c2c(C)cccc2C)ccc2c1c(=C)c1c(-c3ccccc3)c3cc4c5ccc(-c6c(C)cccc6C)cc5c5cccc(c3c(-c3ccccc3)c12)c54. The minimum absolute atomic E-state index is 1.05. The van der Waals surface area contributed by atoms with Crippen molar-refractivity contribution in [3.8, 4) is 44.5 Å². The van der Waals surface area contributed by atoms with Crippen LogP contribution in [0.2, 0.25) is 0 Å². The monoisotopic (exact) mass is 738 g/mol. The van der Waals surface area contributed by atoms with Crippen LogP contribution in [0.3, 0.4) is 0 Å². The van der Waals surface area contributed by atoms with Gasteiger partial charge < -0.3 is 0 Å². The number of hydrogen-bond donors (Lipinski definition) is 0. The molecule has 0 unspecified atom stereocenters. The molecular weight excluding hydrogens is 697 g/mol. The molecule has 0 saturated carbocycles. The van der Waals surface area contributed by atoms with E-state index in [2.05, 4.69) is 192 Å². The van der Waals surface area contributed by atoms with Gasteiger partial charge in [-0.25, -0.2) is 0 Å². The van der Waals surface area contributed by atoms with Crippen molar-refractivity contribution in [1.82, 2.24) is 0 Å². The van der Waals surface area contributed by atoms with Gasteiger partial charge in [-0.05, 0) is 182 Å². The molecule has 0 aliphatic rings. The molecule has 0 spiro atoms. The van der Waals surface area contributed by atoms with E-state index in [0.29, 0.717) is 0 Å². The number of aryl methyl sites for hydroxylation is 4. The molecule has 0 aliphatic heterocycles. The zero-order chi connectivity index (χ0) is 39.4. The summed E-state index contributed by atoms with van der Waals surface area (Å²) in [5.41, 5.74) is 16.2. The van der Waals surface area contributed by atoms with Gasteiger partial charge in [-0.2, -0.15) is 0 Å². The Labute approximate surface area is 339 Å². The van der Waals surface area contributed by atoms with Crippen LogP contribution in [0.25, 0.3) is 122 Å². The predicted molar refractivity (Wildman–Crippen MR) is 254 cm³/mol. The zero-order valence-corrected chi connectivity index (χ0v) is 33.4. The Morgan fingerprint density at radius 1 is 0.345 bits per heavy atom. The molecule has 11 rings (SSSR count). The Bertz CT molecular complexity index is 3510. The van der Waals surface area contributed by atoms with Crippen molar-refractivity contribution in [1.29, 1.82) is 0 Å². The van der Waals surface area contributed by atoms with Crippen LogP contribution < -0.4 is 5.22 Å². The van der Waals surface area contributed by atoms with Crippen molar-refractivity contribution < 1.29 is 0 Å². The van der Waals surface area contributed by atoms with Crippen LogP contribution in [0.4, 0.5) is 0 Å². The summed E-state index contributed by atoms with van der Waals surface area (Å²) >= 11 is 0. The number of fused-ring (bicyclic) bond motifs is 8. The van der Waals surface area contributed by atoms with Crippen molar-refractivity contribution in [2.75, 3.05) is 0 Å². The molecule has 0 aliphatic carbocycles. The lowest BCUT2D eigenvalue weighted by Crippen LogP contribution is -2.01. The normalized spacial score (nSPS) is 11.9. The second-order valence-corrected chi connectivity index (χ2v) is 16.2. The van der Waals surface area contributed by atoms with E-state index in [1.54, 1.807) is 0 Å². The van der Waals surface area contributed by atoms with Gasteiger partial charge in [0.2, 0.25) is 0 Å². The molecule has 0 heterocycles. The van der Waals surface area contributed by atoms with Crippen molar-refractivity contribution in [3.05, 3.63) is 191 Å². The number of hydrogen-bond acceptors (Lipinski definition) is 0. The van der Waals surface area contributed by atoms with Gasteiger partial charge in [0.25, 0.3) is 0 Å². The molecule has 0 heteroatoms. The Kier molecular flexibility index (Phi) is 7.53. The highest BCUT2D eigenvalue weighted by atomic mass is 14.3. The van der Waals surface area contributed by atoms with Gasteiger partial charge in [0, 0.05) is 0 Å². The Morgan fingerprint density at radius 3 is 1.57 bits per heavy atom. The highest BCUT2D eigenvalue weighted by Gasteiger charge is 2.26. The van der Waals surface area contributed by atoms with Gasteiger partial charge in [-0.3, -0.25) is 0 Å². The van der Waals surface area contributed by atoms with E-state index in [9.17, 15) is 0 Å². The summed E-state index contributed by atoms with van der Waals surface area (Å²) in [5.74, 6) is 0. The molecule has 0 nitrogen and oxygen atoms in total. The smallest absolute Gasteiger partial charge is 0.000741 e. The lowest BCUT2D eigenvalue weighted by molar-refractivity contribution is 1.38. The van der Waals surface area contributed by atoms with Crippen molar-refractivity contribution in [2.45, 2.75) is 27.7 Å². The molecule has 0 N–H and O–H groups in total. The molecule has 0 radical (unpaired) electrons. The topological polar surface area (TPSA) is 0 Å². The van der Waals surface area contributed by atoms with Crippen LogP contribution in [0, 0.1) is 27.7 Å². The maximum Gasteiger partial charge on any atom is -0.000741 e. The maximum atomic E-state index is 5.01. The third-order valence-electron chi connectivity index (χ3n) is 13.0. The van der Waals surface area contributed by atoms with E-state index in [4.69, 9.17) is 6.58 Å². The number of rotatable bonds is 5. The highest BCUT2D eigenvalue weighted by Crippen LogP contribution is 2.52. The molecule has 0 aromatic heterocycles. The zero-order valence-electron chi connectivity index (χ0n) is 33.4. The first kappa shape index (κ1) is 34.2. The average Bonchev–Trinajstić information content (AvgIpc) is 3.72. The Morgan fingerprint density at radius 2 is 0.914 bits per heavy atom. The molecule has 11 aromatic rings. The van der Waals surface area contributed by atoms with E-state index in [-0.39, 0.29) is 0 Å². The van der Waals surface area contributed by atoms with Gasteiger partial charge >= 0.3 is 0 Å². The van der Waals surface area contributed by atoms with E-state index in [1.807, 2.05) is 0 Å². The Balaban J connectivity index is 1.38. The maximum absolute atomic E-state index is 5.01. The second-order valence-electron chi connectivity index (χ2n) is 16.2. The van der Waals surface area contributed by atoms with Crippen LogP contribution in [-0.2, 0) is 0 Å². The molecule has 0 saturated heterocycles. The second kappa shape index (κ2) is 12.7. The average molecular weight is 739 g/mol. The van der Waals surface area contributed by atoms with E-state index in [1.165, 1.54) is 131 Å². The quantitative estimate of drug-likeness (QED) is 0.154. The minimum Gasteiger partial charge on any atom is -0.0984 e. The van der Waals surface area contributed by atoms with Gasteiger partial charge in [-0.1, -0.05) is 159 Å².